The van der Waals surface area contributed by atoms with Crippen LogP contribution in [-0.4, -0.2) is 20.9 Å². The van der Waals surface area contributed by atoms with Gasteiger partial charge in [-0.15, -0.1) is 0 Å². The molecular formula is C16H19ClN4O3. The van der Waals surface area contributed by atoms with Crippen molar-refractivity contribution in [2.24, 2.45) is 0 Å². The normalized spacial score (nSPS) is 11.9. The van der Waals surface area contributed by atoms with Crippen molar-refractivity contribution in [3.05, 3.63) is 44.7 Å². The van der Waals surface area contributed by atoms with E-state index in [4.69, 9.17) is 16.3 Å². The average Bonchev–Trinajstić information content (AvgIpc) is 2.52. The van der Waals surface area contributed by atoms with Gasteiger partial charge in [0.15, 0.2) is 0 Å². The lowest BCUT2D eigenvalue weighted by atomic mass is 10.1. The lowest BCUT2D eigenvalue weighted by Gasteiger charge is -2.13. The first kappa shape index (κ1) is 17.9. The predicted molar refractivity (Wildman–Crippen MR) is 93.1 cm³/mol. The summed E-state index contributed by atoms with van der Waals surface area (Å²) in [6, 6.07) is 3.46. The fourth-order valence-corrected chi connectivity index (χ4v) is 2.23. The Morgan fingerprint density at radius 3 is 2.50 bits per heavy atom. The molecule has 2 rings (SSSR count). The van der Waals surface area contributed by atoms with E-state index in [-0.39, 0.29) is 23.4 Å². The Kier molecular flexibility index (Phi) is 5.56. The number of aromatic nitrogens is 2. The van der Waals surface area contributed by atoms with E-state index in [1.54, 1.807) is 12.1 Å². The van der Waals surface area contributed by atoms with E-state index in [0.717, 1.165) is 17.5 Å². The van der Waals surface area contributed by atoms with E-state index in [9.17, 15) is 10.1 Å². The molecule has 0 aliphatic rings. The smallest absolute Gasteiger partial charge is 0.373 e. The molecule has 0 spiro atoms. The van der Waals surface area contributed by atoms with Crippen LogP contribution in [0.4, 0.5) is 11.5 Å². The number of hydrogen-bond donors (Lipinski definition) is 1. The van der Waals surface area contributed by atoms with Gasteiger partial charge in [-0.25, -0.2) is 4.98 Å². The SMILES string of the molecule is CCC(C)Nc1ncnc(Oc2cc(C)c(Cl)c(C)c2)c1[N+](=O)[O-]. The van der Waals surface area contributed by atoms with E-state index < -0.39 is 4.92 Å². The summed E-state index contributed by atoms with van der Waals surface area (Å²) in [5.41, 5.74) is 1.35. The first-order chi connectivity index (χ1) is 11.3. The van der Waals surface area contributed by atoms with Crippen molar-refractivity contribution < 1.29 is 9.66 Å². The van der Waals surface area contributed by atoms with Crippen molar-refractivity contribution in [2.45, 2.75) is 40.2 Å². The molecule has 0 fully saturated rings. The molecule has 0 saturated heterocycles. The Labute approximate surface area is 145 Å². The first-order valence-electron chi connectivity index (χ1n) is 7.54. The van der Waals surface area contributed by atoms with E-state index in [1.165, 1.54) is 6.33 Å². The maximum Gasteiger partial charge on any atom is 0.373 e. The highest BCUT2D eigenvalue weighted by Crippen LogP contribution is 2.36. The average molecular weight is 351 g/mol. The largest absolute Gasteiger partial charge is 0.434 e. The highest BCUT2D eigenvalue weighted by molar-refractivity contribution is 6.32. The Bertz CT molecular complexity index is 744. The summed E-state index contributed by atoms with van der Waals surface area (Å²) in [4.78, 5) is 18.8. The highest BCUT2D eigenvalue weighted by Gasteiger charge is 2.26. The van der Waals surface area contributed by atoms with E-state index in [2.05, 4.69) is 15.3 Å². The van der Waals surface area contributed by atoms with Crippen LogP contribution in [-0.2, 0) is 0 Å². The number of nitrogens with zero attached hydrogens (tertiary/aromatic N) is 3. The third-order valence-corrected chi connectivity index (χ3v) is 4.19. The van der Waals surface area contributed by atoms with Gasteiger partial charge >= 0.3 is 11.6 Å². The number of hydrogen-bond acceptors (Lipinski definition) is 6. The molecule has 2 aromatic rings. The van der Waals surface area contributed by atoms with Crippen LogP contribution < -0.4 is 10.1 Å². The molecule has 8 heteroatoms. The minimum Gasteiger partial charge on any atom is -0.434 e. The van der Waals surface area contributed by atoms with Crippen molar-refractivity contribution in [3.63, 3.8) is 0 Å². The zero-order valence-corrected chi connectivity index (χ0v) is 14.7. The summed E-state index contributed by atoms with van der Waals surface area (Å²) in [6.45, 7) is 7.57. The number of ether oxygens (including phenoxy) is 1. The monoisotopic (exact) mass is 350 g/mol. The quantitative estimate of drug-likeness (QED) is 0.602. The topological polar surface area (TPSA) is 90.2 Å². The van der Waals surface area contributed by atoms with Gasteiger partial charge in [0.25, 0.3) is 0 Å². The number of aryl methyl sites for hydroxylation is 2. The summed E-state index contributed by atoms with van der Waals surface area (Å²) < 4.78 is 5.65. The maximum atomic E-state index is 11.5. The number of nitro groups is 1. The summed E-state index contributed by atoms with van der Waals surface area (Å²) >= 11 is 6.13. The molecule has 1 atom stereocenters. The van der Waals surface area contributed by atoms with Crippen molar-refractivity contribution >= 4 is 23.1 Å². The first-order valence-corrected chi connectivity index (χ1v) is 7.91. The van der Waals surface area contributed by atoms with Crippen LogP contribution in [0.5, 0.6) is 11.6 Å². The fraction of sp³-hybridized carbons (Fsp3) is 0.375. The zero-order chi connectivity index (χ0) is 17.9. The second-order valence-corrected chi connectivity index (χ2v) is 5.94. The number of nitrogens with one attached hydrogen (secondary N) is 1. The van der Waals surface area contributed by atoms with Gasteiger partial charge in [0.05, 0.1) is 4.92 Å². The molecule has 0 aliphatic carbocycles. The van der Waals surface area contributed by atoms with Crippen molar-refractivity contribution in [1.29, 1.82) is 0 Å². The molecule has 7 nitrogen and oxygen atoms in total. The minimum absolute atomic E-state index is 0.0338. The molecule has 1 aromatic heterocycles. The van der Waals surface area contributed by atoms with Gasteiger partial charge in [-0.1, -0.05) is 18.5 Å². The summed E-state index contributed by atoms with van der Waals surface area (Å²) in [5, 5.41) is 15.1. The van der Waals surface area contributed by atoms with Gasteiger partial charge in [-0.05, 0) is 50.5 Å². The van der Waals surface area contributed by atoms with E-state index >= 15 is 0 Å². The molecule has 0 bridgehead atoms. The third kappa shape index (κ3) is 3.91. The molecule has 24 heavy (non-hydrogen) atoms. The molecule has 1 heterocycles. The second-order valence-electron chi connectivity index (χ2n) is 5.56. The van der Waals surface area contributed by atoms with Gasteiger partial charge in [0.2, 0.25) is 5.82 Å². The summed E-state index contributed by atoms with van der Waals surface area (Å²) in [6.07, 6.45) is 2.04. The minimum atomic E-state index is -0.546. The Morgan fingerprint density at radius 2 is 1.96 bits per heavy atom. The standard InChI is InChI=1S/C16H19ClN4O3/c1-5-11(4)20-15-14(21(22)23)16(19-8-18-15)24-12-6-9(2)13(17)10(3)7-12/h6-8,11H,5H2,1-4H3,(H,18,19,20). The second kappa shape index (κ2) is 7.44. The predicted octanol–water partition coefficient (Wildman–Crippen LogP) is 4.66. The fourth-order valence-electron chi connectivity index (χ4n) is 2.12. The number of benzene rings is 1. The molecule has 0 amide bonds. The molecule has 0 saturated carbocycles. The lowest BCUT2D eigenvalue weighted by molar-refractivity contribution is -0.385. The Balaban J connectivity index is 2.43. The van der Waals surface area contributed by atoms with Gasteiger partial charge in [0.1, 0.15) is 12.1 Å². The van der Waals surface area contributed by atoms with Crippen LogP contribution in [0.25, 0.3) is 0 Å². The number of anilines is 1. The van der Waals surface area contributed by atoms with Crippen LogP contribution in [0.1, 0.15) is 31.4 Å². The zero-order valence-electron chi connectivity index (χ0n) is 14.0. The molecule has 0 aliphatic heterocycles. The van der Waals surface area contributed by atoms with Crippen LogP contribution in [0.15, 0.2) is 18.5 Å². The number of halogens is 1. The molecule has 1 aromatic carbocycles. The van der Waals surface area contributed by atoms with E-state index in [0.29, 0.717) is 10.8 Å². The molecule has 1 N–H and O–H groups in total. The van der Waals surface area contributed by atoms with Crippen LogP contribution in [0, 0.1) is 24.0 Å². The van der Waals surface area contributed by atoms with E-state index in [1.807, 2.05) is 27.7 Å². The van der Waals surface area contributed by atoms with Crippen LogP contribution in [0.3, 0.4) is 0 Å². The van der Waals surface area contributed by atoms with Gasteiger partial charge in [0, 0.05) is 11.1 Å². The lowest BCUT2D eigenvalue weighted by Crippen LogP contribution is -2.16. The highest BCUT2D eigenvalue weighted by atomic mass is 35.5. The van der Waals surface area contributed by atoms with Crippen molar-refractivity contribution in [2.75, 3.05) is 5.32 Å². The molecule has 0 radical (unpaired) electrons. The molecule has 128 valence electrons. The van der Waals surface area contributed by atoms with Gasteiger partial charge in [-0.2, -0.15) is 4.98 Å². The van der Waals surface area contributed by atoms with Crippen molar-refractivity contribution in [3.8, 4) is 11.6 Å². The van der Waals surface area contributed by atoms with Gasteiger partial charge < -0.3 is 10.1 Å². The summed E-state index contributed by atoms with van der Waals surface area (Å²) in [7, 11) is 0. The Hall–Kier alpha value is -2.41. The molecule has 1 unspecified atom stereocenters. The maximum absolute atomic E-state index is 11.5. The number of rotatable bonds is 6. The van der Waals surface area contributed by atoms with Crippen LogP contribution >= 0.6 is 11.6 Å². The third-order valence-electron chi connectivity index (χ3n) is 3.59. The molecular weight excluding hydrogens is 332 g/mol. The van der Waals surface area contributed by atoms with Gasteiger partial charge in [-0.3, -0.25) is 10.1 Å². The summed E-state index contributed by atoms with van der Waals surface area (Å²) in [5.74, 6) is 0.467. The van der Waals surface area contributed by atoms with Crippen molar-refractivity contribution in [1.82, 2.24) is 9.97 Å². The Morgan fingerprint density at radius 1 is 1.33 bits per heavy atom. The van der Waals surface area contributed by atoms with Crippen LogP contribution in [0.2, 0.25) is 5.02 Å².